The number of hydrazine groups is 1. The molecule has 0 radical (unpaired) electrons. The molecule has 0 amide bonds. The number of hydrogen-bond acceptors (Lipinski definition) is 5. The van der Waals surface area contributed by atoms with E-state index in [0.717, 1.165) is 12.5 Å². The van der Waals surface area contributed by atoms with Crippen molar-refractivity contribution in [1.82, 2.24) is 4.98 Å². The number of anilines is 2. The van der Waals surface area contributed by atoms with Crippen molar-refractivity contribution in [1.29, 1.82) is 0 Å². The average molecular weight is 258 g/mol. The van der Waals surface area contributed by atoms with Gasteiger partial charge in [-0.1, -0.05) is 0 Å². The Labute approximate surface area is 104 Å². The first-order valence-corrected chi connectivity index (χ1v) is 5.80. The van der Waals surface area contributed by atoms with Gasteiger partial charge in [-0.25, -0.2) is 19.6 Å². The fourth-order valence-corrected chi connectivity index (χ4v) is 1.96. The van der Waals surface area contributed by atoms with Crippen LogP contribution in [0.4, 0.5) is 20.4 Å². The Balaban J connectivity index is 2.04. The Morgan fingerprint density at radius 3 is 2.78 bits per heavy atom. The molecule has 100 valence electrons. The van der Waals surface area contributed by atoms with Crippen molar-refractivity contribution in [3.8, 4) is 0 Å². The molecule has 1 fully saturated rings. The lowest BCUT2D eigenvalue weighted by Gasteiger charge is -2.16. The summed E-state index contributed by atoms with van der Waals surface area (Å²) in [7, 11) is 0. The van der Waals surface area contributed by atoms with Crippen molar-refractivity contribution in [2.75, 3.05) is 23.9 Å². The molecular weight excluding hydrogens is 242 g/mol. The zero-order valence-corrected chi connectivity index (χ0v) is 10.0. The lowest BCUT2D eigenvalue weighted by atomic mass is 10.0. The zero-order chi connectivity index (χ0) is 13.1. The van der Waals surface area contributed by atoms with Gasteiger partial charge in [0.1, 0.15) is 0 Å². The Bertz CT molecular complexity index is 430. The van der Waals surface area contributed by atoms with Crippen molar-refractivity contribution in [2.45, 2.75) is 19.4 Å². The second-order valence-corrected chi connectivity index (χ2v) is 4.30. The number of ether oxygens (including phenoxy) is 1. The number of nitrogens with zero attached hydrogens (tertiary/aromatic N) is 1. The zero-order valence-electron chi connectivity index (χ0n) is 10.0. The highest BCUT2D eigenvalue weighted by Crippen LogP contribution is 2.22. The largest absolute Gasteiger partial charge is 0.378 e. The highest BCUT2D eigenvalue weighted by Gasteiger charge is 2.24. The van der Waals surface area contributed by atoms with Crippen LogP contribution >= 0.6 is 0 Å². The van der Waals surface area contributed by atoms with Gasteiger partial charge in [0, 0.05) is 25.1 Å². The van der Waals surface area contributed by atoms with Crippen molar-refractivity contribution < 1.29 is 13.5 Å². The number of halogens is 2. The minimum Gasteiger partial charge on any atom is -0.378 e. The summed E-state index contributed by atoms with van der Waals surface area (Å²) in [4.78, 5) is 3.74. The van der Waals surface area contributed by atoms with Crippen LogP contribution in [-0.2, 0) is 4.74 Å². The molecule has 2 rings (SSSR count). The van der Waals surface area contributed by atoms with Crippen LogP contribution in [0.2, 0.25) is 0 Å². The minimum absolute atomic E-state index is 0.0107. The van der Waals surface area contributed by atoms with Gasteiger partial charge in [0.15, 0.2) is 23.3 Å². The predicted molar refractivity (Wildman–Crippen MR) is 64.0 cm³/mol. The highest BCUT2D eigenvalue weighted by molar-refractivity contribution is 5.46. The Morgan fingerprint density at radius 2 is 2.17 bits per heavy atom. The van der Waals surface area contributed by atoms with Crippen LogP contribution < -0.4 is 16.6 Å². The molecule has 1 saturated heterocycles. The average Bonchev–Trinajstić information content (AvgIpc) is 2.74. The number of hydrogen-bond donors (Lipinski definition) is 3. The Kier molecular flexibility index (Phi) is 3.93. The maximum atomic E-state index is 13.5. The second-order valence-electron chi connectivity index (χ2n) is 4.30. The monoisotopic (exact) mass is 258 g/mol. The molecule has 0 saturated carbocycles. The van der Waals surface area contributed by atoms with Gasteiger partial charge in [0.25, 0.3) is 0 Å². The van der Waals surface area contributed by atoms with Crippen LogP contribution in [0.5, 0.6) is 0 Å². The summed E-state index contributed by atoms with van der Waals surface area (Å²) in [6, 6.07) is 0.749. The van der Waals surface area contributed by atoms with E-state index in [9.17, 15) is 8.78 Å². The third-order valence-corrected chi connectivity index (χ3v) is 3.13. The molecule has 7 heteroatoms. The van der Waals surface area contributed by atoms with Crippen molar-refractivity contribution >= 4 is 11.6 Å². The van der Waals surface area contributed by atoms with E-state index in [2.05, 4.69) is 15.7 Å². The molecule has 2 atom stereocenters. The number of nitrogens with one attached hydrogen (secondary N) is 2. The molecule has 0 aromatic carbocycles. The molecule has 0 bridgehead atoms. The van der Waals surface area contributed by atoms with Gasteiger partial charge in [-0.15, -0.1) is 0 Å². The van der Waals surface area contributed by atoms with E-state index in [1.165, 1.54) is 0 Å². The van der Waals surface area contributed by atoms with Crippen LogP contribution in [-0.4, -0.2) is 24.2 Å². The second kappa shape index (κ2) is 5.45. The van der Waals surface area contributed by atoms with E-state index in [-0.39, 0.29) is 17.7 Å². The summed E-state index contributed by atoms with van der Waals surface area (Å²) in [5.74, 6) is 3.63. The first-order chi connectivity index (χ1) is 8.61. The van der Waals surface area contributed by atoms with Crippen molar-refractivity contribution in [3.05, 3.63) is 17.7 Å². The van der Waals surface area contributed by atoms with E-state index in [1.54, 1.807) is 0 Å². The lowest BCUT2D eigenvalue weighted by Crippen LogP contribution is -2.22. The molecule has 5 nitrogen and oxygen atoms in total. The third-order valence-electron chi connectivity index (χ3n) is 3.13. The molecule has 0 spiro atoms. The SMILES string of the molecule is CC1OCCC1CNc1nc(NN)c(F)cc1F. The number of rotatable bonds is 4. The summed E-state index contributed by atoms with van der Waals surface area (Å²) < 4.78 is 32.0. The number of nitrogen functional groups attached to an aromatic ring is 1. The molecular formula is C11H16F2N4O. The molecule has 2 heterocycles. The van der Waals surface area contributed by atoms with Crippen LogP contribution in [0, 0.1) is 17.6 Å². The standard InChI is InChI=1S/C11H16F2N4O/c1-6-7(2-3-18-6)5-15-10-8(12)4-9(13)11(16-10)17-14/h4,6-7H,2-3,5,14H2,1H3,(H2,15,16,17). The van der Waals surface area contributed by atoms with E-state index < -0.39 is 11.6 Å². The highest BCUT2D eigenvalue weighted by atomic mass is 19.1. The molecule has 1 aliphatic heterocycles. The van der Waals surface area contributed by atoms with Crippen molar-refractivity contribution in [3.63, 3.8) is 0 Å². The maximum absolute atomic E-state index is 13.5. The minimum atomic E-state index is -0.821. The quantitative estimate of drug-likeness (QED) is 0.563. The van der Waals surface area contributed by atoms with Gasteiger partial charge < -0.3 is 15.5 Å². The van der Waals surface area contributed by atoms with E-state index in [4.69, 9.17) is 10.6 Å². The number of pyridine rings is 1. The number of aromatic nitrogens is 1. The van der Waals surface area contributed by atoms with Gasteiger partial charge in [0.05, 0.1) is 6.10 Å². The number of nitrogens with two attached hydrogens (primary N) is 1. The van der Waals surface area contributed by atoms with Crippen LogP contribution in [0.25, 0.3) is 0 Å². The summed E-state index contributed by atoms with van der Waals surface area (Å²) in [6.07, 6.45) is 1.05. The molecule has 1 aromatic rings. The summed E-state index contributed by atoms with van der Waals surface area (Å²) in [5.41, 5.74) is 2.08. The Morgan fingerprint density at radius 1 is 1.44 bits per heavy atom. The summed E-state index contributed by atoms with van der Waals surface area (Å²) >= 11 is 0. The first-order valence-electron chi connectivity index (χ1n) is 5.80. The van der Waals surface area contributed by atoms with Crippen molar-refractivity contribution in [2.24, 2.45) is 11.8 Å². The predicted octanol–water partition coefficient (Wildman–Crippen LogP) is 1.48. The molecule has 4 N–H and O–H groups in total. The van der Waals surface area contributed by atoms with Gasteiger partial charge in [-0.3, -0.25) is 0 Å². The molecule has 1 aliphatic rings. The van der Waals surface area contributed by atoms with Gasteiger partial charge in [0.2, 0.25) is 0 Å². The van der Waals surface area contributed by atoms with Crippen LogP contribution in [0.3, 0.4) is 0 Å². The van der Waals surface area contributed by atoms with Gasteiger partial charge >= 0.3 is 0 Å². The van der Waals surface area contributed by atoms with Gasteiger partial charge in [-0.2, -0.15) is 0 Å². The summed E-state index contributed by atoms with van der Waals surface area (Å²) in [5, 5.41) is 2.86. The van der Waals surface area contributed by atoms with Gasteiger partial charge in [-0.05, 0) is 13.3 Å². The van der Waals surface area contributed by atoms with Crippen LogP contribution in [0.15, 0.2) is 6.07 Å². The molecule has 1 aromatic heterocycles. The maximum Gasteiger partial charge on any atom is 0.178 e. The van der Waals surface area contributed by atoms with E-state index >= 15 is 0 Å². The third kappa shape index (κ3) is 2.68. The smallest absolute Gasteiger partial charge is 0.178 e. The molecule has 18 heavy (non-hydrogen) atoms. The summed E-state index contributed by atoms with van der Waals surface area (Å²) in [6.45, 7) is 3.21. The first kappa shape index (κ1) is 13.0. The fourth-order valence-electron chi connectivity index (χ4n) is 1.96. The lowest BCUT2D eigenvalue weighted by molar-refractivity contribution is 0.108. The molecule has 0 aliphatic carbocycles. The van der Waals surface area contributed by atoms with Crippen LogP contribution in [0.1, 0.15) is 13.3 Å². The van der Waals surface area contributed by atoms with E-state index in [0.29, 0.717) is 19.1 Å². The topological polar surface area (TPSA) is 72.2 Å². The van der Waals surface area contributed by atoms with E-state index in [1.807, 2.05) is 6.92 Å². The fraction of sp³-hybridized carbons (Fsp3) is 0.545. The Hall–Kier alpha value is -1.47. The normalized spacial score (nSPS) is 23.1. The molecule has 2 unspecified atom stereocenters.